The second kappa shape index (κ2) is 8.98. The largest absolute Gasteiger partial charge is 0.294 e. The molecule has 8 aromatic rings. The van der Waals surface area contributed by atoms with Crippen molar-refractivity contribution in [2.24, 2.45) is 0 Å². The van der Waals surface area contributed by atoms with E-state index in [9.17, 15) is 0 Å². The standard InChI is InChI=1S/C39H25N3/c1-3-13-29-26(11-1)28-20-19-25(34-16-7-9-21-40-34)23-32(28)38(29)33-24-36-39(30-14-4-2-12-27(30)33)31-15-5-6-17-35(31)42(36)37-18-8-10-22-41-37/h1-24,38H. The van der Waals surface area contributed by atoms with Crippen molar-refractivity contribution in [1.82, 2.24) is 14.5 Å². The SMILES string of the molecule is c1ccc(-c2ccc3c(c2)C(c2cc4c(c5ccccc25)c2ccccc2n4-c2ccccn2)c2ccccc2-3)nc1. The second-order valence-electron chi connectivity index (χ2n) is 11.0. The normalized spacial score (nSPS) is 14.0. The summed E-state index contributed by atoms with van der Waals surface area (Å²) in [6.45, 7) is 0. The van der Waals surface area contributed by atoms with E-state index in [-0.39, 0.29) is 5.92 Å². The van der Waals surface area contributed by atoms with E-state index < -0.39 is 0 Å². The molecule has 1 aliphatic rings. The fourth-order valence-electron chi connectivity index (χ4n) is 7.07. The molecule has 0 aliphatic heterocycles. The lowest BCUT2D eigenvalue weighted by Crippen LogP contribution is -2.03. The van der Waals surface area contributed by atoms with Crippen LogP contribution in [-0.4, -0.2) is 14.5 Å². The van der Waals surface area contributed by atoms with Gasteiger partial charge in [-0.25, -0.2) is 4.98 Å². The van der Waals surface area contributed by atoms with Crippen molar-refractivity contribution in [2.75, 3.05) is 0 Å². The van der Waals surface area contributed by atoms with E-state index in [1.807, 2.05) is 24.5 Å². The Bertz CT molecular complexity index is 2300. The van der Waals surface area contributed by atoms with E-state index >= 15 is 0 Å². The molecule has 3 heterocycles. The molecule has 3 nitrogen and oxygen atoms in total. The highest BCUT2D eigenvalue weighted by Crippen LogP contribution is 2.51. The first-order valence-corrected chi connectivity index (χ1v) is 14.4. The zero-order chi connectivity index (χ0) is 27.6. The van der Waals surface area contributed by atoms with Crippen LogP contribution in [0.2, 0.25) is 0 Å². The molecule has 1 atom stereocenters. The van der Waals surface area contributed by atoms with Gasteiger partial charge in [-0.15, -0.1) is 0 Å². The lowest BCUT2D eigenvalue weighted by atomic mass is 9.84. The van der Waals surface area contributed by atoms with Crippen molar-refractivity contribution < 1.29 is 0 Å². The minimum absolute atomic E-state index is 0.0874. The molecule has 0 spiro atoms. The van der Waals surface area contributed by atoms with Gasteiger partial charge in [-0.3, -0.25) is 9.55 Å². The highest BCUT2D eigenvalue weighted by Gasteiger charge is 2.32. The maximum Gasteiger partial charge on any atom is 0.137 e. The van der Waals surface area contributed by atoms with Gasteiger partial charge in [-0.1, -0.05) is 91.0 Å². The average Bonchev–Trinajstić information content (AvgIpc) is 3.57. The molecule has 1 unspecified atom stereocenters. The van der Waals surface area contributed by atoms with Gasteiger partial charge in [0.05, 0.1) is 16.7 Å². The van der Waals surface area contributed by atoms with Gasteiger partial charge >= 0.3 is 0 Å². The van der Waals surface area contributed by atoms with E-state index in [4.69, 9.17) is 4.98 Å². The Labute approximate surface area is 243 Å². The van der Waals surface area contributed by atoms with Gasteiger partial charge in [0, 0.05) is 34.6 Å². The number of rotatable bonds is 3. The van der Waals surface area contributed by atoms with Crippen molar-refractivity contribution >= 4 is 32.6 Å². The van der Waals surface area contributed by atoms with Crippen LogP contribution in [0.1, 0.15) is 22.6 Å². The summed E-state index contributed by atoms with van der Waals surface area (Å²) in [5.41, 5.74) is 11.0. The van der Waals surface area contributed by atoms with Crippen LogP contribution in [0.5, 0.6) is 0 Å². The quantitative estimate of drug-likeness (QED) is 0.225. The number of aromatic nitrogens is 3. The Balaban J connectivity index is 1.41. The molecule has 0 radical (unpaired) electrons. The van der Waals surface area contributed by atoms with Gasteiger partial charge in [0.1, 0.15) is 5.82 Å². The number of fused-ring (bicyclic) bond motifs is 8. The molecule has 1 aliphatic carbocycles. The second-order valence-corrected chi connectivity index (χ2v) is 11.0. The van der Waals surface area contributed by atoms with Crippen LogP contribution in [0.3, 0.4) is 0 Å². The molecule has 5 aromatic carbocycles. The molecule has 0 fully saturated rings. The maximum absolute atomic E-state index is 4.80. The van der Waals surface area contributed by atoms with Crippen LogP contribution >= 0.6 is 0 Å². The van der Waals surface area contributed by atoms with Gasteiger partial charge in [0.2, 0.25) is 0 Å². The lowest BCUT2D eigenvalue weighted by molar-refractivity contribution is 1.02. The highest BCUT2D eigenvalue weighted by molar-refractivity contribution is 6.22. The number of benzene rings is 5. The molecule has 42 heavy (non-hydrogen) atoms. The fraction of sp³-hybridized carbons (Fsp3) is 0.0256. The summed E-state index contributed by atoms with van der Waals surface area (Å²) in [5.74, 6) is 1.01. The number of nitrogens with zero attached hydrogens (tertiary/aromatic N) is 3. The van der Waals surface area contributed by atoms with Crippen LogP contribution < -0.4 is 0 Å². The maximum atomic E-state index is 4.80. The van der Waals surface area contributed by atoms with Crippen LogP contribution in [0.4, 0.5) is 0 Å². The van der Waals surface area contributed by atoms with E-state index in [1.165, 1.54) is 54.9 Å². The number of pyridine rings is 2. The summed E-state index contributed by atoms with van der Waals surface area (Å²) < 4.78 is 2.33. The van der Waals surface area contributed by atoms with E-state index in [0.29, 0.717) is 0 Å². The van der Waals surface area contributed by atoms with Gasteiger partial charge in [0.25, 0.3) is 0 Å². The predicted molar refractivity (Wildman–Crippen MR) is 172 cm³/mol. The van der Waals surface area contributed by atoms with Crippen molar-refractivity contribution in [3.05, 3.63) is 163 Å². The van der Waals surface area contributed by atoms with Crippen molar-refractivity contribution in [3.8, 4) is 28.2 Å². The summed E-state index contributed by atoms with van der Waals surface area (Å²) in [6.07, 6.45) is 3.74. The topological polar surface area (TPSA) is 30.7 Å². The first kappa shape index (κ1) is 23.2. The molecular weight excluding hydrogens is 510 g/mol. The summed E-state index contributed by atoms with van der Waals surface area (Å²) >= 11 is 0. The van der Waals surface area contributed by atoms with Crippen molar-refractivity contribution in [2.45, 2.75) is 5.92 Å². The van der Waals surface area contributed by atoms with Crippen LogP contribution in [0, 0.1) is 0 Å². The minimum atomic E-state index is 0.0874. The highest BCUT2D eigenvalue weighted by atomic mass is 15.1. The number of para-hydroxylation sites is 1. The smallest absolute Gasteiger partial charge is 0.137 e. The van der Waals surface area contributed by atoms with Gasteiger partial charge in [0.15, 0.2) is 0 Å². The summed E-state index contributed by atoms with van der Waals surface area (Å²) in [6, 6.07) is 48.0. The lowest BCUT2D eigenvalue weighted by Gasteiger charge is -2.19. The molecule has 0 saturated heterocycles. The minimum Gasteiger partial charge on any atom is -0.294 e. The summed E-state index contributed by atoms with van der Waals surface area (Å²) in [4.78, 5) is 9.47. The molecule has 3 aromatic heterocycles. The molecule has 3 heteroatoms. The first-order chi connectivity index (χ1) is 20.9. The molecule has 0 amide bonds. The molecule has 0 saturated carbocycles. The van der Waals surface area contributed by atoms with E-state index in [2.05, 4.69) is 131 Å². The monoisotopic (exact) mass is 535 g/mol. The van der Waals surface area contributed by atoms with Crippen LogP contribution in [0.15, 0.2) is 146 Å². The molecule has 0 bridgehead atoms. The first-order valence-electron chi connectivity index (χ1n) is 14.4. The Hall–Kier alpha value is -5.54. The Morgan fingerprint density at radius 2 is 1.19 bits per heavy atom. The molecule has 9 rings (SSSR count). The predicted octanol–water partition coefficient (Wildman–Crippen LogP) is 9.55. The van der Waals surface area contributed by atoms with Crippen molar-refractivity contribution in [3.63, 3.8) is 0 Å². The van der Waals surface area contributed by atoms with Crippen LogP contribution in [0.25, 0.3) is 60.8 Å². The Morgan fingerprint density at radius 1 is 0.476 bits per heavy atom. The third kappa shape index (κ3) is 3.28. The zero-order valence-corrected chi connectivity index (χ0v) is 22.8. The summed E-state index contributed by atoms with van der Waals surface area (Å²) in [7, 11) is 0. The van der Waals surface area contributed by atoms with Gasteiger partial charge < -0.3 is 0 Å². The van der Waals surface area contributed by atoms with E-state index in [1.54, 1.807) is 0 Å². The van der Waals surface area contributed by atoms with Gasteiger partial charge in [-0.05, 0) is 81.1 Å². The van der Waals surface area contributed by atoms with E-state index in [0.717, 1.165) is 22.6 Å². The summed E-state index contributed by atoms with van der Waals surface area (Å²) in [5, 5.41) is 5.06. The van der Waals surface area contributed by atoms with Crippen LogP contribution in [-0.2, 0) is 0 Å². The van der Waals surface area contributed by atoms with Gasteiger partial charge in [-0.2, -0.15) is 0 Å². The molecular formula is C39H25N3. The number of hydrogen-bond acceptors (Lipinski definition) is 2. The third-order valence-electron chi connectivity index (χ3n) is 8.79. The zero-order valence-electron chi connectivity index (χ0n) is 22.8. The average molecular weight is 536 g/mol. The molecule has 196 valence electrons. The number of hydrogen-bond donors (Lipinski definition) is 0. The Morgan fingerprint density at radius 3 is 2.02 bits per heavy atom. The fourth-order valence-corrected chi connectivity index (χ4v) is 7.07. The van der Waals surface area contributed by atoms with Crippen molar-refractivity contribution in [1.29, 1.82) is 0 Å². The molecule has 0 N–H and O–H groups in total. The Kier molecular flexibility index (Phi) is 4.96. The third-order valence-corrected chi connectivity index (χ3v) is 8.79.